The van der Waals surface area contributed by atoms with Gasteiger partial charge in [0.15, 0.2) is 5.82 Å². The normalized spacial score (nSPS) is 37.0. The first-order chi connectivity index (χ1) is 21.3. The summed E-state index contributed by atoms with van der Waals surface area (Å²) in [7, 11) is 0. The number of esters is 1. The summed E-state index contributed by atoms with van der Waals surface area (Å²) in [5, 5.41) is 12.2. The second kappa shape index (κ2) is 11.5. The van der Waals surface area contributed by atoms with Gasteiger partial charge in [-0.1, -0.05) is 45.9 Å². The highest BCUT2D eigenvalue weighted by Gasteiger charge is 2.68. The Morgan fingerprint density at radius 1 is 1.13 bits per heavy atom. The van der Waals surface area contributed by atoms with Gasteiger partial charge >= 0.3 is 5.97 Å². The molecule has 4 aliphatic rings. The van der Waals surface area contributed by atoms with Crippen molar-refractivity contribution in [1.29, 1.82) is 0 Å². The van der Waals surface area contributed by atoms with E-state index in [0.29, 0.717) is 49.9 Å². The van der Waals surface area contributed by atoms with Gasteiger partial charge in [0.05, 0.1) is 23.6 Å². The van der Waals surface area contributed by atoms with E-state index >= 15 is 0 Å². The molecule has 2 aromatic rings. The van der Waals surface area contributed by atoms with Crippen LogP contribution in [-0.4, -0.2) is 87.5 Å². The van der Waals surface area contributed by atoms with Crippen LogP contribution in [0.3, 0.4) is 0 Å². The van der Waals surface area contributed by atoms with E-state index in [-0.39, 0.29) is 58.8 Å². The predicted molar refractivity (Wildman–Crippen MR) is 169 cm³/mol. The highest BCUT2D eigenvalue weighted by Crippen LogP contribution is 2.68. The molecule has 3 aliphatic carbocycles. The molecule has 1 aromatic carbocycles. The number of hydrogen-bond acceptors (Lipinski definition) is 8. The first kappa shape index (κ1) is 31.6. The standard InChI is InChI=1S/C35H46N4O6/c1-6-33(4)19-26(34(5)21(2)11-13-35(22(3)29(33)42)14-12-25(40)28(34)35)45-27(41)20-38-15-17-39(18-16-38)32(44)30-36-24-10-8-7-9-23(24)31(43)37-30/h6-10,21-22,26,28-29,42H,1,11-20H2,2-5H3,(H,36,37,43)/t21-,22+,26-,28+,29+,33-,34+,35+/m1/s1. The minimum absolute atomic E-state index is 0.00463. The summed E-state index contributed by atoms with van der Waals surface area (Å²) in [6, 6.07) is 6.90. The van der Waals surface area contributed by atoms with E-state index in [2.05, 4.69) is 37.3 Å². The van der Waals surface area contributed by atoms with E-state index in [0.717, 1.165) is 19.3 Å². The quantitative estimate of drug-likeness (QED) is 0.384. The molecule has 0 spiro atoms. The lowest BCUT2D eigenvalue weighted by molar-refractivity contribution is -0.207. The highest BCUT2D eigenvalue weighted by molar-refractivity contribution is 5.92. The van der Waals surface area contributed by atoms with Crippen molar-refractivity contribution in [2.24, 2.45) is 34.0 Å². The predicted octanol–water partition coefficient (Wildman–Crippen LogP) is 3.59. The van der Waals surface area contributed by atoms with Crippen LogP contribution >= 0.6 is 0 Å². The van der Waals surface area contributed by atoms with Gasteiger partial charge in [-0.2, -0.15) is 0 Å². The summed E-state index contributed by atoms with van der Waals surface area (Å²) >= 11 is 0. The maximum Gasteiger partial charge on any atom is 0.320 e. The molecule has 1 aliphatic heterocycles. The number of nitrogens with one attached hydrogen (secondary N) is 1. The smallest absolute Gasteiger partial charge is 0.320 e. The molecule has 10 nitrogen and oxygen atoms in total. The van der Waals surface area contributed by atoms with Gasteiger partial charge in [0, 0.05) is 49.3 Å². The van der Waals surface area contributed by atoms with Crippen molar-refractivity contribution < 1.29 is 24.2 Å². The Balaban J connectivity index is 1.17. The van der Waals surface area contributed by atoms with E-state index in [1.54, 1.807) is 35.2 Å². The van der Waals surface area contributed by atoms with Crippen molar-refractivity contribution in [2.75, 3.05) is 32.7 Å². The lowest BCUT2D eigenvalue weighted by Crippen LogP contribution is -2.63. The molecule has 0 radical (unpaired) electrons. The summed E-state index contributed by atoms with van der Waals surface area (Å²) in [5.74, 6) is -0.673. The monoisotopic (exact) mass is 618 g/mol. The maximum absolute atomic E-state index is 13.6. The van der Waals surface area contributed by atoms with Gasteiger partial charge in [-0.3, -0.25) is 24.1 Å². The van der Waals surface area contributed by atoms with Crippen LogP contribution in [-0.2, 0) is 14.3 Å². The van der Waals surface area contributed by atoms with E-state index in [9.17, 15) is 24.3 Å². The third-order valence-corrected chi connectivity index (χ3v) is 12.4. The number of H-pyrrole nitrogens is 1. The molecule has 2 bridgehead atoms. The number of Topliss-reactive ketones (excluding diaryl/α,β-unsaturated/α-hetero) is 1. The highest BCUT2D eigenvalue weighted by atomic mass is 16.5. The summed E-state index contributed by atoms with van der Waals surface area (Å²) in [4.78, 5) is 63.5. The zero-order valence-corrected chi connectivity index (χ0v) is 26.9. The van der Waals surface area contributed by atoms with Gasteiger partial charge in [0.2, 0.25) is 0 Å². The van der Waals surface area contributed by atoms with Crippen LogP contribution in [0.2, 0.25) is 0 Å². The van der Waals surface area contributed by atoms with Crippen LogP contribution in [0, 0.1) is 34.0 Å². The number of para-hydroxylation sites is 1. The molecule has 1 saturated heterocycles. The molecule has 1 amide bonds. The number of nitrogens with zero attached hydrogens (tertiary/aromatic N) is 3. The van der Waals surface area contributed by atoms with Crippen molar-refractivity contribution in [2.45, 2.75) is 72.0 Å². The molecular weight excluding hydrogens is 572 g/mol. The molecule has 2 N–H and O–H groups in total. The number of carbonyl (C=O) groups excluding carboxylic acids is 3. The Morgan fingerprint density at radius 3 is 2.56 bits per heavy atom. The average molecular weight is 619 g/mol. The van der Waals surface area contributed by atoms with Gasteiger partial charge in [0.25, 0.3) is 11.5 Å². The van der Waals surface area contributed by atoms with E-state index < -0.39 is 23.0 Å². The number of amides is 1. The van der Waals surface area contributed by atoms with Gasteiger partial charge < -0.3 is 19.7 Å². The Morgan fingerprint density at radius 2 is 1.84 bits per heavy atom. The maximum atomic E-state index is 13.6. The second-order valence-electron chi connectivity index (χ2n) is 14.6. The van der Waals surface area contributed by atoms with Crippen molar-refractivity contribution in [3.8, 4) is 0 Å². The molecule has 3 saturated carbocycles. The number of fused-ring (bicyclic) bond motifs is 1. The SMILES string of the molecule is C=C[C@]1(C)C[C@@H](OC(=O)CN2CCN(C(=O)c3nc4ccccc4c(=O)[nH]3)CC2)[C@]2(C)[C@H](C)CC[C@]3(CCC(=O)[C@H]32)[C@@H](C)[C@@H]1O. The topological polar surface area (TPSA) is 133 Å². The number of aliphatic hydroxyl groups excluding tert-OH is 1. The molecule has 6 rings (SSSR count). The molecule has 242 valence electrons. The average Bonchev–Trinajstić information content (AvgIpc) is 3.39. The number of carbonyl (C=O) groups is 3. The number of rotatable bonds is 5. The Bertz CT molecular complexity index is 1580. The molecule has 2 heterocycles. The summed E-state index contributed by atoms with van der Waals surface area (Å²) in [6.07, 6.45) is 4.00. The third kappa shape index (κ3) is 5.04. The molecule has 8 atom stereocenters. The van der Waals surface area contributed by atoms with E-state index in [1.165, 1.54) is 0 Å². The number of hydrogen-bond donors (Lipinski definition) is 2. The number of piperazine rings is 1. The minimum Gasteiger partial charge on any atom is -0.461 e. The fourth-order valence-electron chi connectivity index (χ4n) is 9.33. The molecule has 45 heavy (non-hydrogen) atoms. The lowest BCUT2D eigenvalue weighted by Gasteiger charge is -2.61. The Kier molecular flexibility index (Phi) is 8.05. The number of benzene rings is 1. The Hall–Kier alpha value is -3.37. The number of aliphatic hydroxyl groups is 1. The second-order valence-corrected chi connectivity index (χ2v) is 14.6. The molecule has 4 fully saturated rings. The largest absolute Gasteiger partial charge is 0.461 e. The van der Waals surface area contributed by atoms with Crippen molar-refractivity contribution in [1.82, 2.24) is 19.8 Å². The minimum atomic E-state index is -0.708. The van der Waals surface area contributed by atoms with Crippen LogP contribution in [0.15, 0.2) is 41.7 Å². The molecule has 10 heteroatoms. The first-order valence-electron chi connectivity index (χ1n) is 16.4. The zero-order chi connectivity index (χ0) is 32.3. The van der Waals surface area contributed by atoms with Gasteiger partial charge in [0.1, 0.15) is 11.9 Å². The first-order valence-corrected chi connectivity index (χ1v) is 16.4. The van der Waals surface area contributed by atoms with Gasteiger partial charge in [-0.25, -0.2) is 4.98 Å². The number of ether oxygens (including phenoxy) is 1. The third-order valence-electron chi connectivity index (χ3n) is 12.4. The van der Waals surface area contributed by atoms with Crippen molar-refractivity contribution >= 4 is 28.6 Å². The van der Waals surface area contributed by atoms with Crippen molar-refractivity contribution in [3.05, 3.63) is 53.1 Å². The molecular formula is C35H46N4O6. The van der Waals surface area contributed by atoms with Crippen molar-refractivity contribution in [3.63, 3.8) is 0 Å². The summed E-state index contributed by atoms with van der Waals surface area (Å²) in [5.41, 5.74) is -1.45. The van der Waals surface area contributed by atoms with Crippen LogP contribution in [0.4, 0.5) is 0 Å². The summed E-state index contributed by atoms with van der Waals surface area (Å²) < 4.78 is 6.40. The zero-order valence-electron chi connectivity index (χ0n) is 26.9. The van der Waals surface area contributed by atoms with Crippen LogP contribution in [0.1, 0.15) is 70.4 Å². The number of ketones is 1. The van der Waals surface area contributed by atoms with Gasteiger partial charge in [-0.15, -0.1) is 6.58 Å². The summed E-state index contributed by atoms with van der Waals surface area (Å²) in [6.45, 7) is 14.2. The van der Waals surface area contributed by atoms with Crippen LogP contribution in [0.25, 0.3) is 10.9 Å². The number of aromatic amines is 1. The fraction of sp³-hybridized carbons (Fsp3) is 0.629. The molecule has 1 aromatic heterocycles. The van der Waals surface area contributed by atoms with Gasteiger partial charge in [-0.05, 0) is 55.1 Å². The van der Waals surface area contributed by atoms with Crippen LogP contribution < -0.4 is 5.56 Å². The van der Waals surface area contributed by atoms with E-state index in [4.69, 9.17) is 4.74 Å². The lowest BCUT2D eigenvalue weighted by atomic mass is 9.44. The number of aromatic nitrogens is 2. The Labute approximate surface area is 264 Å². The van der Waals surface area contributed by atoms with Crippen LogP contribution in [0.5, 0.6) is 0 Å². The van der Waals surface area contributed by atoms with E-state index in [1.807, 2.05) is 11.8 Å². The fourth-order valence-corrected chi connectivity index (χ4v) is 9.33. The molecule has 0 unspecified atom stereocenters.